The van der Waals surface area contributed by atoms with Crippen LogP contribution in [-0.2, 0) is 17.8 Å². The summed E-state index contributed by atoms with van der Waals surface area (Å²) in [6, 6.07) is 0. The van der Waals surface area contributed by atoms with Gasteiger partial charge in [0.1, 0.15) is 11.6 Å². The lowest BCUT2D eigenvalue weighted by atomic mass is 10.2. The molecule has 1 amide bonds. The van der Waals surface area contributed by atoms with Crippen molar-refractivity contribution in [2.75, 3.05) is 5.32 Å². The normalized spacial score (nSPS) is 10.9. The quantitative estimate of drug-likeness (QED) is 0.740. The molecule has 0 bridgehead atoms. The highest BCUT2D eigenvalue weighted by atomic mass is 79.9. The van der Waals surface area contributed by atoms with Crippen LogP contribution in [0.25, 0.3) is 0 Å². The van der Waals surface area contributed by atoms with Gasteiger partial charge in [-0.3, -0.25) is 14.8 Å². The van der Waals surface area contributed by atoms with E-state index in [0.717, 1.165) is 33.7 Å². The summed E-state index contributed by atoms with van der Waals surface area (Å²) in [4.78, 5) is 12.1. The average molecular weight is 386 g/mol. The molecule has 0 fully saturated rings. The molecule has 8 heteroatoms. The number of unbranched alkanes of at least 4 members (excludes halogenated alkanes) is 2. The molecule has 0 aromatic carbocycles. The second-order valence-corrected chi connectivity index (χ2v) is 7.00. The predicted molar refractivity (Wildman–Crippen MR) is 91.2 cm³/mol. The summed E-state index contributed by atoms with van der Waals surface area (Å²) in [5.41, 5.74) is 1.81. The van der Waals surface area contributed by atoms with Gasteiger partial charge in [-0.15, -0.1) is 10.2 Å². The molecule has 0 unspecified atom stereocenters. The first-order chi connectivity index (χ1) is 10.5. The number of hydrogen-bond acceptors (Lipinski definition) is 5. The van der Waals surface area contributed by atoms with E-state index in [0.29, 0.717) is 5.13 Å². The van der Waals surface area contributed by atoms with E-state index >= 15 is 0 Å². The predicted octanol–water partition coefficient (Wildman–Crippen LogP) is 3.49. The van der Waals surface area contributed by atoms with E-state index < -0.39 is 0 Å². The summed E-state index contributed by atoms with van der Waals surface area (Å²) >= 11 is 4.90. The van der Waals surface area contributed by atoms with Gasteiger partial charge in [0.25, 0.3) is 0 Å². The van der Waals surface area contributed by atoms with Gasteiger partial charge in [-0.2, -0.15) is 5.10 Å². The molecule has 2 heterocycles. The van der Waals surface area contributed by atoms with Crippen LogP contribution in [0.15, 0.2) is 4.47 Å². The molecule has 2 aromatic heterocycles. The summed E-state index contributed by atoms with van der Waals surface area (Å²) in [6.45, 7) is 6.17. The van der Waals surface area contributed by atoms with E-state index in [1.165, 1.54) is 24.2 Å². The molecule has 2 rings (SSSR count). The first-order valence-electron chi connectivity index (χ1n) is 7.33. The minimum atomic E-state index is -0.144. The number of aromatic nitrogens is 4. The van der Waals surface area contributed by atoms with Crippen molar-refractivity contribution < 1.29 is 4.79 Å². The fraction of sp³-hybridized carbons (Fsp3) is 0.571. The smallest absolute Gasteiger partial charge is 0.247 e. The Kier molecular flexibility index (Phi) is 6.07. The molecule has 0 aliphatic rings. The monoisotopic (exact) mass is 385 g/mol. The molecule has 0 saturated carbocycles. The number of nitrogens with one attached hydrogen (secondary N) is 1. The second-order valence-electron chi connectivity index (χ2n) is 5.15. The van der Waals surface area contributed by atoms with Crippen molar-refractivity contribution in [2.45, 2.75) is 53.0 Å². The van der Waals surface area contributed by atoms with Gasteiger partial charge in [0, 0.05) is 6.42 Å². The van der Waals surface area contributed by atoms with Crippen molar-refractivity contribution in [1.29, 1.82) is 0 Å². The van der Waals surface area contributed by atoms with E-state index in [1.54, 1.807) is 4.68 Å². The first-order valence-corrected chi connectivity index (χ1v) is 8.94. The van der Waals surface area contributed by atoms with Crippen molar-refractivity contribution in [2.24, 2.45) is 0 Å². The fourth-order valence-corrected chi connectivity index (χ4v) is 3.14. The average Bonchev–Trinajstić information content (AvgIpc) is 3.00. The van der Waals surface area contributed by atoms with Gasteiger partial charge < -0.3 is 0 Å². The number of aryl methyl sites for hydroxylation is 2. The maximum absolute atomic E-state index is 12.1. The van der Waals surface area contributed by atoms with Crippen LogP contribution in [0.5, 0.6) is 0 Å². The van der Waals surface area contributed by atoms with Gasteiger partial charge in [0.15, 0.2) is 0 Å². The van der Waals surface area contributed by atoms with E-state index in [2.05, 4.69) is 43.5 Å². The lowest BCUT2D eigenvalue weighted by molar-refractivity contribution is -0.116. The number of halogens is 1. The SMILES string of the molecule is CCCCCc1nnc(NC(=O)Cn2nc(C)c(Br)c2C)s1. The van der Waals surface area contributed by atoms with Gasteiger partial charge in [-0.05, 0) is 36.2 Å². The van der Waals surface area contributed by atoms with Crippen molar-refractivity contribution in [3.8, 4) is 0 Å². The highest BCUT2D eigenvalue weighted by Gasteiger charge is 2.13. The van der Waals surface area contributed by atoms with Crippen molar-refractivity contribution in [1.82, 2.24) is 20.0 Å². The fourth-order valence-electron chi connectivity index (χ4n) is 2.06. The Morgan fingerprint density at radius 2 is 2.09 bits per heavy atom. The van der Waals surface area contributed by atoms with E-state index in [4.69, 9.17) is 0 Å². The first kappa shape index (κ1) is 17.1. The highest BCUT2D eigenvalue weighted by molar-refractivity contribution is 9.10. The van der Waals surface area contributed by atoms with Crippen LogP contribution in [0.4, 0.5) is 5.13 Å². The Morgan fingerprint density at radius 1 is 1.32 bits per heavy atom. The largest absolute Gasteiger partial charge is 0.299 e. The molecule has 0 spiro atoms. The molecular formula is C14H20BrN5OS. The Labute approximate surface area is 142 Å². The van der Waals surface area contributed by atoms with Gasteiger partial charge in [-0.25, -0.2) is 0 Å². The Morgan fingerprint density at radius 3 is 2.73 bits per heavy atom. The van der Waals surface area contributed by atoms with Crippen molar-refractivity contribution in [3.05, 3.63) is 20.9 Å². The maximum Gasteiger partial charge on any atom is 0.247 e. The molecule has 2 aromatic rings. The molecule has 0 aliphatic carbocycles. The molecule has 0 radical (unpaired) electrons. The third-order valence-corrected chi connectivity index (χ3v) is 5.34. The zero-order chi connectivity index (χ0) is 16.1. The lowest BCUT2D eigenvalue weighted by Gasteiger charge is -2.03. The van der Waals surface area contributed by atoms with Crippen LogP contribution >= 0.6 is 27.3 Å². The van der Waals surface area contributed by atoms with Crippen molar-refractivity contribution >= 4 is 38.3 Å². The van der Waals surface area contributed by atoms with Crippen LogP contribution < -0.4 is 5.32 Å². The Hall–Kier alpha value is -1.28. The molecule has 120 valence electrons. The van der Waals surface area contributed by atoms with Gasteiger partial charge in [-0.1, -0.05) is 31.1 Å². The van der Waals surface area contributed by atoms with Gasteiger partial charge >= 0.3 is 0 Å². The number of carbonyl (C=O) groups excluding carboxylic acids is 1. The minimum absolute atomic E-state index is 0.144. The summed E-state index contributed by atoms with van der Waals surface area (Å²) in [6.07, 6.45) is 4.40. The molecule has 6 nitrogen and oxygen atoms in total. The maximum atomic E-state index is 12.1. The third kappa shape index (κ3) is 4.36. The van der Waals surface area contributed by atoms with Gasteiger partial charge in [0.2, 0.25) is 11.0 Å². The van der Waals surface area contributed by atoms with Crippen LogP contribution in [0.3, 0.4) is 0 Å². The van der Waals surface area contributed by atoms with Crippen LogP contribution in [0.1, 0.15) is 42.6 Å². The molecule has 22 heavy (non-hydrogen) atoms. The summed E-state index contributed by atoms with van der Waals surface area (Å²) in [7, 11) is 0. The molecule has 0 aliphatic heterocycles. The van der Waals surface area contributed by atoms with Gasteiger partial charge in [0.05, 0.1) is 15.9 Å². The van der Waals surface area contributed by atoms with E-state index in [1.807, 2.05) is 13.8 Å². The summed E-state index contributed by atoms with van der Waals surface area (Å²) in [5, 5.41) is 16.8. The number of carbonyl (C=O) groups is 1. The molecular weight excluding hydrogens is 366 g/mol. The Bertz CT molecular complexity index is 652. The molecule has 1 N–H and O–H groups in total. The van der Waals surface area contributed by atoms with Crippen LogP contribution in [0.2, 0.25) is 0 Å². The Balaban J connectivity index is 1.90. The van der Waals surface area contributed by atoms with E-state index in [-0.39, 0.29) is 12.5 Å². The second kappa shape index (κ2) is 7.82. The summed E-state index contributed by atoms with van der Waals surface area (Å²) < 4.78 is 2.62. The highest BCUT2D eigenvalue weighted by Crippen LogP contribution is 2.20. The lowest BCUT2D eigenvalue weighted by Crippen LogP contribution is -2.20. The number of rotatable bonds is 7. The number of nitrogens with zero attached hydrogens (tertiary/aromatic N) is 4. The molecule has 0 saturated heterocycles. The number of amides is 1. The molecule has 0 atom stereocenters. The van der Waals surface area contributed by atoms with Crippen LogP contribution in [-0.4, -0.2) is 25.9 Å². The number of hydrogen-bond donors (Lipinski definition) is 1. The summed E-state index contributed by atoms with van der Waals surface area (Å²) in [5.74, 6) is -0.144. The number of anilines is 1. The van der Waals surface area contributed by atoms with E-state index in [9.17, 15) is 4.79 Å². The zero-order valence-electron chi connectivity index (χ0n) is 13.0. The van der Waals surface area contributed by atoms with Crippen molar-refractivity contribution in [3.63, 3.8) is 0 Å². The zero-order valence-corrected chi connectivity index (χ0v) is 15.4. The standard InChI is InChI=1S/C14H20BrN5OS/c1-4-5-6-7-12-17-18-14(22-12)16-11(21)8-20-10(3)13(15)9(2)19-20/h4-8H2,1-3H3,(H,16,18,21). The third-order valence-electron chi connectivity index (χ3n) is 3.29. The minimum Gasteiger partial charge on any atom is -0.299 e. The van der Waals surface area contributed by atoms with Crippen LogP contribution in [0, 0.1) is 13.8 Å². The topological polar surface area (TPSA) is 72.7 Å².